The van der Waals surface area contributed by atoms with Gasteiger partial charge in [-0.2, -0.15) is 0 Å². The number of rotatable bonds is 3. The van der Waals surface area contributed by atoms with Gasteiger partial charge in [0.15, 0.2) is 5.78 Å². The predicted octanol–water partition coefficient (Wildman–Crippen LogP) is 0.693. The van der Waals surface area contributed by atoms with Crippen LogP contribution in [-0.2, 0) is 4.79 Å². The fourth-order valence-corrected chi connectivity index (χ4v) is 0.429. The van der Waals surface area contributed by atoms with Gasteiger partial charge in [-0.3, -0.25) is 4.79 Å². The Morgan fingerprint density at radius 3 is 2.44 bits per heavy atom. The van der Waals surface area contributed by atoms with Gasteiger partial charge in [-0.25, -0.2) is 0 Å². The number of nitrogens with zero attached hydrogens (tertiary/aromatic N) is 1. The van der Waals surface area contributed by atoms with Gasteiger partial charge in [-0.1, -0.05) is 6.08 Å². The number of ketones is 1. The highest BCUT2D eigenvalue weighted by molar-refractivity contribution is 5.87. The molecule has 0 bridgehead atoms. The Balaban J connectivity index is 3.36. The summed E-state index contributed by atoms with van der Waals surface area (Å²) in [4.78, 5) is 12.3. The van der Waals surface area contributed by atoms with Crippen LogP contribution in [0.15, 0.2) is 12.2 Å². The lowest BCUT2D eigenvalue weighted by molar-refractivity contribution is -0.112. The maximum atomic E-state index is 10.3. The van der Waals surface area contributed by atoms with Crippen LogP contribution in [0.2, 0.25) is 0 Å². The highest BCUT2D eigenvalue weighted by Gasteiger charge is 1.83. The van der Waals surface area contributed by atoms with E-state index in [1.54, 1.807) is 13.0 Å². The number of hydrogen-bond acceptors (Lipinski definition) is 2. The van der Waals surface area contributed by atoms with Gasteiger partial charge in [0.05, 0.1) is 0 Å². The molecule has 2 heteroatoms. The summed E-state index contributed by atoms with van der Waals surface area (Å²) < 4.78 is 0. The van der Waals surface area contributed by atoms with Crippen molar-refractivity contribution in [1.82, 2.24) is 4.90 Å². The minimum Gasteiger partial charge on any atom is -0.306 e. The fraction of sp³-hybridized carbons (Fsp3) is 0.571. The van der Waals surface area contributed by atoms with Gasteiger partial charge in [-0.05, 0) is 27.1 Å². The van der Waals surface area contributed by atoms with E-state index >= 15 is 0 Å². The Morgan fingerprint density at radius 2 is 2.11 bits per heavy atom. The molecule has 0 aromatic rings. The molecule has 0 atom stereocenters. The predicted molar refractivity (Wildman–Crippen MR) is 38.4 cm³/mol. The standard InChI is InChI=1S/C7H13NO/c1-7(9)5-4-6-8(2)3/h4-5H,6H2,1-3H3/b5-4+. The number of likely N-dealkylation sites (N-methyl/N-ethyl adjacent to an activating group) is 1. The first kappa shape index (κ1) is 8.37. The van der Waals surface area contributed by atoms with E-state index in [-0.39, 0.29) is 5.78 Å². The first-order chi connectivity index (χ1) is 4.13. The van der Waals surface area contributed by atoms with Gasteiger partial charge >= 0.3 is 0 Å². The summed E-state index contributed by atoms with van der Waals surface area (Å²) >= 11 is 0. The second-order valence-electron chi connectivity index (χ2n) is 2.28. The van der Waals surface area contributed by atoms with Crippen molar-refractivity contribution in [2.45, 2.75) is 6.92 Å². The second-order valence-corrected chi connectivity index (χ2v) is 2.28. The van der Waals surface area contributed by atoms with E-state index in [4.69, 9.17) is 0 Å². The first-order valence-corrected chi connectivity index (χ1v) is 2.95. The van der Waals surface area contributed by atoms with Gasteiger partial charge in [0.2, 0.25) is 0 Å². The molecule has 52 valence electrons. The molecule has 0 radical (unpaired) electrons. The van der Waals surface area contributed by atoms with Crippen LogP contribution in [0.5, 0.6) is 0 Å². The number of carbonyl (C=O) groups excluding carboxylic acids is 1. The van der Waals surface area contributed by atoms with Gasteiger partial charge in [0, 0.05) is 6.54 Å². The molecule has 0 saturated heterocycles. The van der Waals surface area contributed by atoms with Crippen molar-refractivity contribution < 1.29 is 4.79 Å². The van der Waals surface area contributed by atoms with Crippen molar-refractivity contribution >= 4 is 5.78 Å². The van der Waals surface area contributed by atoms with Gasteiger partial charge in [0.1, 0.15) is 0 Å². The van der Waals surface area contributed by atoms with Crippen LogP contribution in [0, 0.1) is 0 Å². The van der Waals surface area contributed by atoms with E-state index < -0.39 is 0 Å². The summed E-state index contributed by atoms with van der Waals surface area (Å²) in [5, 5.41) is 0. The van der Waals surface area contributed by atoms with E-state index in [1.807, 2.05) is 25.1 Å². The number of allylic oxidation sites excluding steroid dienone is 1. The van der Waals surface area contributed by atoms with Crippen LogP contribution in [-0.4, -0.2) is 31.3 Å². The average Bonchev–Trinajstić information content (AvgIpc) is 1.63. The van der Waals surface area contributed by atoms with Crippen molar-refractivity contribution in [2.75, 3.05) is 20.6 Å². The topological polar surface area (TPSA) is 20.3 Å². The van der Waals surface area contributed by atoms with Crippen LogP contribution < -0.4 is 0 Å². The zero-order chi connectivity index (χ0) is 7.28. The monoisotopic (exact) mass is 127 g/mol. The maximum Gasteiger partial charge on any atom is 0.152 e. The Kier molecular flexibility index (Phi) is 3.97. The Morgan fingerprint density at radius 1 is 1.56 bits per heavy atom. The molecule has 0 N–H and O–H groups in total. The summed E-state index contributed by atoms with van der Waals surface area (Å²) in [5.74, 6) is 0.108. The second kappa shape index (κ2) is 4.27. The molecule has 0 unspecified atom stereocenters. The Bertz CT molecular complexity index is 116. The normalized spacial score (nSPS) is 11.1. The van der Waals surface area contributed by atoms with Gasteiger partial charge < -0.3 is 4.90 Å². The highest BCUT2D eigenvalue weighted by atomic mass is 16.1. The van der Waals surface area contributed by atoms with Crippen molar-refractivity contribution in [2.24, 2.45) is 0 Å². The highest BCUT2D eigenvalue weighted by Crippen LogP contribution is 1.77. The quantitative estimate of drug-likeness (QED) is 0.520. The molecule has 0 aromatic carbocycles. The Hall–Kier alpha value is -0.630. The number of hydrogen-bond donors (Lipinski definition) is 0. The first-order valence-electron chi connectivity index (χ1n) is 2.95. The third-order valence-corrected chi connectivity index (χ3v) is 0.823. The lowest BCUT2D eigenvalue weighted by Crippen LogP contribution is -2.10. The third kappa shape index (κ3) is 7.37. The summed E-state index contributed by atoms with van der Waals surface area (Å²) in [6.45, 7) is 2.38. The molecule has 0 aliphatic rings. The molecule has 0 rings (SSSR count). The van der Waals surface area contributed by atoms with Crippen molar-refractivity contribution in [1.29, 1.82) is 0 Å². The van der Waals surface area contributed by atoms with E-state index in [1.165, 1.54) is 0 Å². The molecule has 0 aliphatic carbocycles. The molecule has 0 saturated carbocycles. The molecule has 0 heterocycles. The maximum absolute atomic E-state index is 10.3. The van der Waals surface area contributed by atoms with Crippen LogP contribution in [0.4, 0.5) is 0 Å². The summed E-state index contributed by atoms with van der Waals surface area (Å²) in [5.41, 5.74) is 0. The summed E-state index contributed by atoms with van der Waals surface area (Å²) in [6.07, 6.45) is 3.43. The van der Waals surface area contributed by atoms with Crippen LogP contribution in [0.3, 0.4) is 0 Å². The third-order valence-electron chi connectivity index (χ3n) is 0.823. The average molecular weight is 127 g/mol. The lowest BCUT2D eigenvalue weighted by atomic mass is 10.4. The van der Waals surface area contributed by atoms with Crippen LogP contribution in [0.1, 0.15) is 6.92 Å². The van der Waals surface area contributed by atoms with Gasteiger partial charge in [0.25, 0.3) is 0 Å². The molecular formula is C7H13NO. The molecule has 0 amide bonds. The number of carbonyl (C=O) groups is 1. The zero-order valence-corrected chi connectivity index (χ0v) is 6.22. The molecule has 0 aromatic heterocycles. The SMILES string of the molecule is CC(=O)/C=C/CN(C)C. The minimum atomic E-state index is 0.108. The van der Waals surface area contributed by atoms with E-state index in [0.717, 1.165) is 6.54 Å². The molecular weight excluding hydrogens is 114 g/mol. The van der Waals surface area contributed by atoms with Crippen LogP contribution in [0.25, 0.3) is 0 Å². The summed E-state index contributed by atoms with van der Waals surface area (Å²) in [6, 6.07) is 0. The molecule has 2 nitrogen and oxygen atoms in total. The van der Waals surface area contributed by atoms with Crippen molar-refractivity contribution in [3.8, 4) is 0 Å². The lowest BCUT2D eigenvalue weighted by Gasteiger charge is -2.02. The smallest absolute Gasteiger partial charge is 0.152 e. The van der Waals surface area contributed by atoms with E-state index in [9.17, 15) is 4.79 Å². The van der Waals surface area contributed by atoms with E-state index in [0.29, 0.717) is 0 Å². The van der Waals surface area contributed by atoms with Crippen LogP contribution >= 0.6 is 0 Å². The van der Waals surface area contributed by atoms with E-state index in [2.05, 4.69) is 0 Å². The largest absolute Gasteiger partial charge is 0.306 e. The minimum absolute atomic E-state index is 0.108. The summed E-state index contributed by atoms with van der Waals surface area (Å²) in [7, 11) is 3.93. The fourth-order valence-electron chi connectivity index (χ4n) is 0.429. The molecule has 0 aliphatic heterocycles. The van der Waals surface area contributed by atoms with Crippen molar-refractivity contribution in [3.63, 3.8) is 0 Å². The molecule has 0 spiro atoms. The zero-order valence-electron chi connectivity index (χ0n) is 6.22. The van der Waals surface area contributed by atoms with Crippen molar-refractivity contribution in [3.05, 3.63) is 12.2 Å². The molecule has 0 fully saturated rings. The van der Waals surface area contributed by atoms with Gasteiger partial charge in [-0.15, -0.1) is 0 Å². The Labute approximate surface area is 56.2 Å². The molecule has 9 heavy (non-hydrogen) atoms.